The average Bonchev–Trinajstić information content (AvgIpc) is 2.29. The van der Waals surface area contributed by atoms with E-state index in [1.54, 1.807) is 18.2 Å². The predicted molar refractivity (Wildman–Crippen MR) is 74.3 cm³/mol. The lowest BCUT2D eigenvalue weighted by atomic mass is 10.3. The normalized spacial score (nSPS) is 10.5. The van der Waals surface area contributed by atoms with E-state index in [4.69, 9.17) is 0 Å². The minimum atomic E-state index is -1.35. The van der Waals surface area contributed by atoms with Crippen LogP contribution in [0.5, 0.6) is 0 Å². The molecule has 2 nitrogen and oxygen atoms in total. The molecule has 0 saturated carbocycles. The van der Waals surface area contributed by atoms with Crippen molar-refractivity contribution >= 4 is 50.0 Å². The van der Waals surface area contributed by atoms with Crippen molar-refractivity contribution in [2.45, 2.75) is 0 Å². The van der Waals surface area contributed by atoms with Gasteiger partial charge in [0.25, 0.3) is 5.95 Å². The van der Waals surface area contributed by atoms with Gasteiger partial charge in [0.15, 0.2) is 17.5 Å². The van der Waals surface area contributed by atoms with Gasteiger partial charge in [-0.05, 0) is 56.7 Å². The van der Waals surface area contributed by atoms with Crippen molar-refractivity contribution in [1.82, 2.24) is 4.98 Å². The molecule has 0 aliphatic carbocycles. The number of rotatable bonds is 2. The molecule has 0 saturated heterocycles. The van der Waals surface area contributed by atoms with E-state index in [-0.39, 0.29) is 5.82 Å². The number of benzene rings is 1. The van der Waals surface area contributed by atoms with Gasteiger partial charge in [-0.3, -0.25) is 0 Å². The van der Waals surface area contributed by atoms with Gasteiger partial charge in [0.05, 0.1) is 5.69 Å². The molecule has 0 atom stereocenters. The number of pyridine rings is 1. The van der Waals surface area contributed by atoms with Crippen molar-refractivity contribution in [3.63, 3.8) is 0 Å². The van der Waals surface area contributed by atoms with E-state index in [1.807, 2.05) is 0 Å². The molecule has 7 heteroatoms. The van der Waals surface area contributed by atoms with Gasteiger partial charge in [-0.2, -0.15) is 9.37 Å². The fraction of sp³-hybridized carbons (Fsp3) is 0. The van der Waals surface area contributed by atoms with Crippen molar-refractivity contribution in [2.24, 2.45) is 0 Å². The van der Waals surface area contributed by atoms with Crippen molar-refractivity contribution in [2.75, 3.05) is 5.32 Å². The topological polar surface area (TPSA) is 24.9 Å². The molecule has 0 radical (unpaired) electrons. The van der Waals surface area contributed by atoms with Crippen LogP contribution in [-0.4, -0.2) is 4.98 Å². The highest BCUT2D eigenvalue weighted by Crippen LogP contribution is 2.28. The highest BCUT2D eigenvalue weighted by molar-refractivity contribution is 14.1. The van der Waals surface area contributed by atoms with E-state index >= 15 is 0 Å². The standard InChI is InChI=1S/C11H5BrF3IN2/c12-6-3-5(16)1-2-9(6)17-11-8(14)4-7(13)10(15)18-11/h1-4H,(H,17,18). The summed E-state index contributed by atoms with van der Waals surface area (Å²) in [5, 5.41) is 2.59. The van der Waals surface area contributed by atoms with Gasteiger partial charge in [-0.1, -0.05) is 0 Å². The highest BCUT2D eigenvalue weighted by atomic mass is 127. The summed E-state index contributed by atoms with van der Waals surface area (Å²) in [4.78, 5) is 3.18. The van der Waals surface area contributed by atoms with E-state index in [1.165, 1.54) is 0 Å². The quantitative estimate of drug-likeness (QED) is 0.558. The number of hydrogen-bond acceptors (Lipinski definition) is 2. The maximum atomic E-state index is 13.4. The van der Waals surface area contributed by atoms with Gasteiger partial charge in [0, 0.05) is 14.1 Å². The Hall–Kier alpha value is -0.830. The molecule has 94 valence electrons. The zero-order chi connectivity index (χ0) is 13.3. The Morgan fingerprint density at radius 2 is 1.83 bits per heavy atom. The van der Waals surface area contributed by atoms with Gasteiger partial charge in [0.1, 0.15) is 0 Å². The smallest absolute Gasteiger partial charge is 0.251 e. The molecule has 2 aromatic rings. The highest BCUT2D eigenvalue weighted by Gasteiger charge is 2.12. The van der Waals surface area contributed by atoms with E-state index < -0.39 is 17.6 Å². The molecule has 0 aliphatic rings. The fourth-order valence-electron chi connectivity index (χ4n) is 1.25. The summed E-state index contributed by atoms with van der Waals surface area (Å²) in [6, 6.07) is 5.70. The summed E-state index contributed by atoms with van der Waals surface area (Å²) in [6.45, 7) is 0. The minimum absolute atomic E-state index is 0.365. The molecular formula is C11H5BrF3IN2. The second kappa shape index (κ2) is 5.43. The van der Waals surface area contributed by atoms with Gasteiger partial charge in [-0.25, -0.2) is 8.78 Å². The molecule has 0 amide bonds. The van der Waals surface area contributed by atoms with Gasteiger partial charge in [-0.15, -0.1) is 0 Å². The summed E-state index contributed by atoms with van der Waals surface area (Å²) in [6.07, 6.45) is 0. The molecular weight excluding hydrogens is 424 g/mol. The summed E-state index contributed by atoms with van der Waals surface area (Å²) in [7, 11) is 0. The lowest BCUT2D eigenvalue weighted by Crippen LogP contribution is -2.02. The maximum absolute atomic E-state index is 13.4. The lowest BCUT2D eigenvalue weighted by molar-refractivity contribution is 0.467. The molecule has 0 bridgehead atoms. The Balaban J connectivity index is 2.37. The minimum Gasteiger partial charge on any atom is -0.337 e. The Morgan fingerprint density at radius 3 is 2.50 bits per heavy atom. The lowest BCUT2D eigenvalue weighted by Gasteiger charge is -2.09. The number of nitrogens with zero attached hydrogens (tertiary/aromatic N) is 1. The first-order chi connectivity index (χ1) is 8.47. The van der Waals surface area contributed by atoms with Crippen LogP contribution < -0.4 is 5.32 Å². The van der Waals surface area contributed by atoms with E-state index in [0.717, 1.165) is 3.57 Å². The van der Waals surface area contributed by atoms with E-state index in [2.05, 4.69) is 48.8 Å². The summed E-state index contributed by atoms with van der Waals surface area (Å²) in [5.41, 5.74) is 0.507. The molecule has 0 unspecified atom stereocenters. The number of hydrogen-bond donors (Lipinski definition) is 1. The van der Waals surface area contributed by atoms with Crippen molar-refractivity contribution < 1.29 is 13.2 Å². The summed E-state index contributed by atoms with van der Waals surface area (Å²) in [5.74, 6) is -3.99. The average molecular weight is 429 g/mol. The fourth-order valence-corrected chi connectivity index (χ4v) is 2.65. The number of anilines is 2. The number of aromatic nitrogens is 1. The molecule has 1 aromatic carbocycles. The summed E-state index contributed by atoms with van der Waals surface area (Å²) >= 11 is 5.39. The molecule has 0 fully saturated rings. The molecule has 18 heavy (non-hydrogen) atoms. The first kappa shape index (κ1) is 13.6. The third kappa shape index (κ3) is 2.94. The molecule has 1 N–H and O–H groups in total. The van der Waals surface area contributed by atoms with Crippen molar-refractivity contribution in [1.29, 1.82) is 0 Å². The Morgan fingerprint density at radius 1 is 1.11 bits per heavy atom. The van der Waals surface area contributed by atoms with Crippen molar-refractivity contribution in [3.8, 4) is 0 Å². The van der Waals surface area contributed by atoms with Gasteiger partial charge >= 0.3 is 0 Å². The molecule has 1 aromatic heterocycles. The zero-order valence-corrected chi connectivity index (χ0v) is 12.4. The number of halogens is 5. The second-order valence-electron chi connectivity index (χ2n) is 3.34. The first-order valence-corrected chi connectivity index (χ1v) is 6.58. The molecule has 0 spiro atoms. The van der Waals surface area contributed by atoms with Crippen LogP contribution in [0.4, 0.5) is 24.7 Å². The molecule has 2 rings (SSSR count). The second-order valence-corrected chi connectivity index (χ2v) is 5.44. The van der Waals surface area contributed by atoms with Crippen LogP contribution in [0.2, 0.25) is 0 Å². The van der Waals surface area contributed by atoms with E-state index in [0.29, 0.717) is 16.2 Å². The Kier molecular flexibility index (Phi) is 4.10. The van der Waals surface area contributed by atoms with Crippen LogP contribution in [0.3, 0.4) is 0 Å². The monoisotopic (exact) mass is 428 g/mol. The third-order valence-electron chi connectivity index (χ3n) is 2.07. The molecule has 1 heterocycles. The van der Waals surface area contributed by atoms with Crippen LogP contribution in [0.25, 0.3) is 0 Å². The predicted octanol–water partition coefficient (Wildman–Crippen LogP) is 4.61. The van der Waals surface area contributed by atoms with Crippen LogP contribution in [0, 0.1) is 21.2 Å². The Labute approximate surface area is 123 Å². The van der Waals surface area contributed by atoms with Crippen molar-refractivity contribution in [3.05, 3.63) is 49.9 Å². The van der Waals surface area contributed by atoms with Crippen LogP contribution in [0.15, 0.2) is 28.7 Å². The van der Waals surface area contributed by atoms with Crippen LogP contribution in [0.1, 0.15) is 0 Å². The first-order valence-electron chi connectivity index (χ1n) is 4.71. The zero-order valence-electron chi connectivity index (χ0n) is 8.65. The Bertz CT molecular complexity index is 607. The largest absolute Gasteiger partial charge is 0.337 e. The van der Waals surface area contributed by atoms with Gasteiger partial charge in [0.2, 0.25) is 0 Å². The van der Waals surface area contributed by atoms with E-state index in [9.17, 15) is 13.2 Å². The maximum Gasteiger partial charge on any atom is 0.251 e. The number of nitrogens with one attached hydrogen (secondary N) is 1. The van der Waals surface area contributed by atoms with Gasteiger partial charge < -0.3 is 5.32 Å². The SMILES string of the molecule is Fc1cc(F)c(Nc2ccc(I)cc2Br)nc1F. The van der Waals surface area contributed by atoms with Crippen LogP contribution >= 0.6 is 38.5 Å². The third-order valence-corrected chi connectivity index (χ3v) is 3.40. The van der Waals surface area contributed by atoms with Crippen LogP contribution in [-0.2, 0) is 0 Å². The molecule has 0 aliphatic heterocycles. The summed E-state index contributed by atoms with van der Waals surface area (Å²) < 4.78 is 40.7.